The number of benzene rings is 3. The highest BCUT2D eigenvalue weighted by molar-refractivity contribution is 5.43. The molecule has 0 saturated carbocycles. The lowest BCUT2D eigenvalue weighted by Gasteiger charge is -2.04. The molecule has 0 bridgehead atoms. The van der Waals surface area contributed by atoms with Gasteiger partial charge in [-0.1, -0.05) is 54.1 Å². The number of anilines is 2. The third-order valence-corrected chi connectivity index (χ3v) is 3.79. The van der Waals surface area contributed by atoms with Gasteiger partial charge in [-0.25, -0.2) is 0 Å². The predicted molar refractivity (Wildman–Crippen MR) is 107 cm³/mol. The zero-order valence-electron chi connectivity index (χ0n) is 14.5. The van der Waals surface area contributed by atoms with E-state index >= 15 is 0 Å². The van der Waals surface area contributed by atoms with Gasteiger partial charge in [0.15, 0.2) is 0 Å². The van der Waals surface area contributed by atoms with Crippen molar-refractivity contribution in [3.05, 3.63) is 95.1 Å². The number of aryl methyl sites for hydroxylation is 1. The zero-order valence-corrected chi connectivity index (χ0v) is 14.5. The molecule has 3 rings (SSSR count). The first-order chi connectivity index (χ1) is 11.9. The van der Waals surface area contributed by atoms with Gasteiger partial charge in [0.2, 0.25) is 0 Å². The first-order valence-corrected chi connectivity index (χ1v) is 8.20. The summed E-state index contributed by atoms with van der Waals surface area (Å²) in [5, 5.41) is 0. The average Bonchev–Trinajstić information content (AvgIpc) is 2.59. The first kappa shape index (κ1) is 18.5. The Bertz CT molecular complexity index is 734. The molecule has 0 fully saturated rings. The van der Waals surface area contributed by atoms with Crippen LogP contribution in [-0.4, -0.2) is 0 Å². The van der Waals surface area contributed by atoms with E-state index in [9.17, 15) is 0 Å². The van der Waals surface area contributed by atoms with Crippen LogP contribution in [0.5, 0.6) is 0 Å². The second kappa shape index (κ2) is 8.87. The van der Waals surface area contributed by atoms with Gasteiger partial charge in [0.1, 0.15) is 0 Å². The summed E-state index contributed by atoms with van der Waals surface area (Å²) in [6.07, 6.45) is 0.570. The Balaban J connectivity index is 0.000000196. The van der Waals surface area contributed by atoms with Gasteiger partial charge in [0, 0.05) is 11.4 Å². The molecule has 0 unspecified atom stereocenters. The van der Waals surface area contributed by atoms with Gasteiger partial charge in [-0.05, 0) is 54.3 Å². The van der Waals surface area contributed by atoms with E-state index in [1.165, 1.54) is 16.7 Å². The molecule has 4 heteroatoms. The van der Waals surface area contributed by atoms with Gasteiger partial charge in [0.05, 0.1) is 6.17 Å². The van der Waals surface area contributed by atoms with Crippen LogP contribution in [0.15, 0.2) is 72.8 Å². The Morgan fingerprint density at radius 3 is 1.56 bits per heavy atom. The van der Waals surface area contributed by atoms with Crippen LogP contribution in [0.1, 0.15) is 28.4 Å². The monoisotopic (exact) mass is 334 g/mol. The van der Waals surface area contributed by atoms with E-state index in [0.717, 1.165) is 23.4 Å². The number of rotatable bonds is 3. The van der Waals surface area contributed by atoms with Crippen molar-refractivity contribution in [3.63, 3.8) is 0 Å². The molecule has 3 aromatic carbocycles. The fourth-order valence-electron chi connectivity index (χ4n) is 2.38. The van der Waals surface area contributed by atoms with E-state index in [1.54, 1.807) is 0 Å². The summed E-state index contributed by atoms with van der Waals surface area (Å²) in [6, 6.07) is 23.8. The summed E-state index contributed by atoms with van der Waals surface area (Å²) in [5.74, 6) is 0. The van der Waals surface area contributed by atoms with Crippen molar-refractivity contribution in [3.8, 4) is 0 Å². The maximum Gasteiger partial charge on any atom is 0.0784 e. The Labute approximate surface area is 149 Å². The molecule has 0 spiro atoms. The number of nitrogens with two attached hydrogens (primary N) is 4. The molecule has 0 radical (unpaired) electrons. The molecule has 0 aliphatic heterocycles. The molecule has 0 atom stereocenters. The van der Waals surface area contributed by atoms with Gasteiger partial charge in [-0.3, -0.25) is 0 Å². The summed E-state index contributed by atoms with van der Waals surface area (Å²) in [4.78, 5) is 0. The number of hydrogen-bond acceptors (Lipinski definition) is 4. The van der Waals surface area contributed by atoms with Crippen molar-refractivity contribution in [1.82, 2.24) is 0 Å². The highest BCUT2D eigenvalue weighted by atomic mass is 14.8. The van der Waals surface area contributed by atoms with E-state index in [-0.39, 0.29) is 6.17 Å². The Kier molecular flexibility index (Phi) is 6.57. The highest BCUT2D eigenvalue weighted by Gasteiger charge is 1.97. The summed E-state index contributed by atoms with van der Waals surface area (Å²) in [7, 11) is 0. The molecule has 0 aliphatic carbocycles. The highest BCUT2D eigenvalue weighted by Crippen LogP contribution is 2.13. The fourth-order valence-corrected chi connectivity index (χ4v) is 2.38. The van der Waals surface area contributed by atoms with Crippen LogP contribution in [0.2, 0.25) is 0 Å². The molecular weight excluding hydrogens is 308 g/mol. The number of nitrogen functional groups attached to an aromatic ring is 2. The smallest absolute Gasteiger partial charge is 0.0784 e. The second-order valence-corrected chi connectivity index (χ2v) is 6.10. The van der Waals surface area contributed by atoms with Crippen molar-refractivity contribution < 1.29 is 0 Å². The van der Waals surface area contributed by atoms with Crippen molar-refractivity contribution in [1.29, 1.82) is 0 Å². The molecule has 8 N–H and O–H groups in total. The normalized spacial score (nSPS) is 10.2. The van der Waals surface area contributed by atoms with E-state index in [0.29, 0.717) is 0 Å². The van der Waals surface area contributed by atoms with Crippen LogP contribution in [0.4, 0.5) is 11.4 Å². The minimum absolute atomic E-state index is 0.347. The topological polar surface area (TPSA) is 104 Å². The van der Waals surface area contributed by atoms with Gasteiger partial charge < -0.3 is 22.9 Å². The van der Waals surface area contributed by atoms with Gasteiger partial charge in [-0.15, -0.1) is 0 Å². The number of hydrogen-bond donors (Lipinski definition) is 4. The third kappa shape index (κ3) is 6.30. The largest absolute Gasteiger partial charge is 0.399 e. The Morgan fingerprint density at radius 2 is 1.20 bits per heavy atom. The molecule has 0 heterocycles. The van der Waals surface area contributed by atoms with Crippen molar-refractivity contribution in [2.45, 2.75) is 19.5 Å². The third-order valence-electron chi connectivity index (χ3n) is 3.79. The molecule has 3 aromatic rings. The van der Waals surface area contributed by atoms with E-state index < -0.39 is 0 Å². The van der Waals surface area contributed by atoms with Crippen LogP contribution < -0.4 is 22.9 Å². The molecule has 130 valence electrons. The molecule has 0 aliphatic rings. The van der Waals surface area contributed by atoms with Crippen LogP contribution in [0.3, 0.4) is 0 Å². The second-order valence-electron chi connectivity index (χ2n) is 6.10. The Hall–Kier alpha value is -2.82. The fraction of sp³-hybridized carbons (Fsp3) is 0.143. The van der Waals surface area contributed by atoms with Gasteiger partial charge in [-0.2, -0.15) is 0 Å². The Morgan fingerprint density at radius 1 is 0.720 bits per heavy atom. The lowest BCUT2D eigenvalue weighted by atomic mass is 10.0. The maximum atomic E-state index is 5.62. The lowest BCUT2D eigenvalue weighted by molar-refractivity contribution is 0.773. The molecule has 25 heavy (non-hydrogen) atoms. The first-order valence-electron chi connectivity index (χ1n) is 8.20. The average molecular weight is 334 g/mol. The molecule has 0 saturated heterocycles. The van der Waals surface area contributed by atoms with Gasteiger partial charge in [0.25, 0.3) is 0 Å². The summed E-state index contributed by atoms with van der Waals surface area (Å²) in [6.45, 7) is 2.02. The quantitative estimate of drug-likeness (QED) is 0.435. The van der Waals surface area contributed by atoms with Gasteiger partial charge >= 0.3 is 0 Å². The minimum atomic E-state index is -0.347. The van der Waals surface area contributed by atoms with Crippen LogP contribution in [0, 0.1) is 6.92 Å². The molecular formula is C21H26N4. The summed E-state index contributed by atoms with van der Waals surface area (Å²) >= 11 is 0. The van der Waals surface area contributed by atoms with Crippen molar-refractivity contribution in [2.24, 2.45) is 11.5 Å². The van der Waals surface area contributed by atoms with Crippen molar-refractivity contribution in [2.75, 3.05) is 11.5 Å². The van der Waals surface area contributed by atoms with E-state index in [4.69, 9.17) is 22.9 Å². The predicted octanol–water partition coefficient (Wildman–Crippen LogP) is 3.35. The molecule has 4 nitrogen and oxygen atoms in total. The standard InChI is InChI=1S/C13H14N2.C8H12N2/c14-12-5-1-10(2-6-12)9-11-3-7-13(15)8-4-11;1-6-3-2-4-7(5-6)8(9)10/h1-8H,9,14-15H2;2-5,8H,9-10H2,1H3. The SMILES string of the molecule is Cc1cccc(C(N)N)c1.Nc1ccc(Cc2ccc(N)cc2)cc1. The minimum Gasteiger partial charge on any atom is -0.399 e. The van der Waals surface area contributed by atoms with Crippen LogP contribution >= 0.6 is 0 Å². The van der Waals surface area contributed by atoms with Crippen LogP contribution in [-0.2, 0) is 6.42 Å². The summed E-state index contributed by atoms with van der Waals surface area (Å²) in [5.41, 5.74) is 28.5. The van der Waals surface area contributed by atoms with Crippen LogP contribution in [0.25, 0.3) is 0 Å². The summed E-state index contributed by atoms with van der Waals surface area (Å²) < 4.78 is 0. The molecule has 0 amide bonds. The zero-order chi connectivity index (χ0) is 18.2. The molecule has 0 aromatic heterocycles. The maximum absolute atomic E-state index is 5.62. The van der Waals surface area contributed by atoms with E-state index in [1.807, 2.05) is 79.7 Å². The van der Waals surface area contributed by atoms with Crippen molar-refractivity contribution >= 4 is 11.4 Å². The lowest BCUT2D eigenvalue weighted by Crippen LogP contribution is -2.19. The van der Waals surface area contributed by atoms with E-state index in [2.05, 4.69) is 0 Å².